The molecule has 5 nitrogen and oxygen atoms in total. The Morgan fingerprint density at radius 2 is 2.40 bits per heavy atom. The van der Waals surface area contributed by atoms with Crippen LogP contribution in [0.3, 0.4) is 0 Å². The van der Waals surface area contributed by atoms with Gasteiger partial charge in [0.25, 0.3) is 0 Å². The van der Waals surface area contributed by atoms with Gasteiger partial charge in [-0.2, -0.15) is 4.98 Å². The van der Waals surface area contributed by atoms with E-state index in [9.17, 15) is 4.39 Å². The van der Waals surface area contributed by atoms with E-state index in [2.05, 4.69) is 20.3 Å². The number of halogens is 1. The van der Waals surface area contributed by atoms with E-state index >= 15 is 0 Å². The Morgan fingerprint density at radius 3 is 3.07 bits per heavy atom. The van der Waals surface area contributed by atoms with Crippen molar-refractivity contribution in [2.75, 3.05) is 11.9 Å². The molecule has 2 rings (SSSR count). The van der Waals surface area contributed by atoms with Gasteiger partial charge in [0, 0.05) is 18.9 Å². The molecule has 0 spiro atoms. The summed E-state index contributed by atoms with van der Waals surface area (Å²) < 4.78 is 14.9. The van der Waals surface area contributed by atoms with Gasteiger partial charge in [-0.15, -0.1) is 0 Å². The van der Waals surface area contributed by atoms with Crippen LogP contribution in [-0.2, 0) is 0 Å². The molecule has 0 unspecified atom stereocenters. The second kappa shape index (κ2) is 4.04. The average molecular weight is 207 g/mol. The minimum Gasteiger partial charge on any atom is -0.354 e. The van der Waals surface area contributed by atoms with Crippen molar-refractivity contribution in [1.82, 2.24) is 19.5 Å². The van der Waals surface area contributed by atoms with Crippen molar-refractivity contribution in [2.45, 2.75) is 6.92 Å². The van der Waals surface area contributed by atoms with Crippen molar-refractivity contribution >= 4 is 5.95 Å². The zero-order chi connectivity index (χ0) is 10.7. The van der Waals surface area contributed by atoms with Gasteiger partial charge >= 0.3 is 0 Å². The summed E-state index contributed by atoms with van der Waals surface area (Å²) in [6, 6.07) is 0. The molecule has 0 aromatic carbocycles. The first-order chi connectivity index (χ1) is 7.31. The van der Waals surface area contributed by atoms with E-state index in [1.54, 1.807) is 12.4 Å². The molecule has 0 saturated heterocycles. The maximum absolute atomic E-state index is 13.4. The number of anilines is 1. The zero-order valence-corrected chi connectivity index (χ0v) is 8.18. The predicted octanol–water partition coefficient (Wildman–Crippen LogP) is 1.23. The van der Waals surface area contributed by atoms with E-state index in [0.717, 1.165) is 6.20 Å². The normalized spacial score (nSPS) is 10.3. The summed E-state index contributed by atoms with van der Waals surface area (Å²) >= 11 is 0. The van der Waals surface area contributed by atoms with Crippen LogP contribution < -0.4 is 5.32 Å². The average Bonchev–Trinajstić information content (AvgIpc) is 2.74. The largest absolute Gasteiger partial charge is 0.354 e. The van der Waals surface area contributed by atoms with E-state index in [0.29, 0.717) is 12.5 Å². The Morgan fingerprint density at radius 1 is 1.53 bits per heavy atom. The number of nitrogens with zero attached hydrogens (tertiary/aromatic N) is 4. The van der Waals surface area contributed by atoms with Gasteiger partial charge in [0.15, 0.2) is 11.6 Å². The van der Waals surface area contributed by atoms with Crippen LogP contribution in [0.4, 0.5) is 10.3 Å². The van der Waals surface area contributed by atoms with E-state index < -0.39 is 5.82 Å². The minimum atomic E-state index is -0.477. The third kappa shape index (κ3) is 1.93. The zero-order valence-electron chi connectivity index (χ0n) is 8.18. The van der Waals surface area contributed by atoms with Crippen molar-refractivity contribution in [3.8, 4) is 5.82 Å². The SMILES string of the molecule is CCNc1ncc(F)c(-n2ccnc2)n1. The highest BCUT2D eigenvalue weighted by molar-refractivity contribution is 5.32. The quantitative estimate of drug-likeness (QED) is 0.822. The van der Waals surface area contributed by atoms with Gasteiger partial charge in [-0.05, 0) is 6.92 Å². The lowest BCUT2D eigenvalue weighted by Crippen LogP contribution is -2.07. The first-order valence-electron chi connectivity index (χ1n) is 4.56. The monoisotopic (exact) mass is 207 g/mol. The van der Waals surface area contributed by atoms with Crippen molar-refractivity contribution < 1.29 is 4.39 Å². The topological polar surface area (TPSA) is 55.6 Å². The molecule has 0 amide bonds. The second-order valence-electron chi connectivity index (χ2n) is 2.87. The molecule has 1 N–H and O–H groups in total. The number of aromatic nitrogens is 4. The summed E-state index contributed by atoms with van der Waals surface area (Å²) in [6.45, 7) is 2.61. The maximum Gasteiger partial charge on any atom is 0.224 e. The Hall–Kier alpha value is -1.98. The van der Waals surface area contributed by atoms with Crippen molar-refractivity contribution in [2.24, 2.45) is 0 Å². The van der Waals surface area contributed by atoms with Crippen LogP contribution in [0.5, 0.6) is 0 Å². The highest BCUT2D eigenvalue weighted by Crippen LogP contribution is 2.10. The molecule has 6 heteroatoms. The summed E-state index contributed by atoms with van der Waals surface area (Å²) in [7, 11) is 0. The fourth-order valence-corrected chi connectivity index (χ4v) is 1.17. The molecule has 2 aromatic rings. The van der Waals surface area contributed by atoms with Crippen LogP contribution in [-0.4, -0.2) is 26.1 Å². The molecule has 2 heterocycles. The van der Waals surface area contributed by atoms with Crippen LogP contribution in [0.1, 0.15) is 6.92 Å². The van der Waals surface area contributed by atoms with Crippen LogP contribution in [0.25, 0.3) is 5.82 Å². The highest BCUT2D eigenvalue weighted by Gasteiger charge is 2.07. The fourth-order valence-electron chi connectivity index (χ4n) is 1.17. The smallest absolute Gasteiger partial charge is 0.224 e. The predicted molar refractivity (Wildman–Crippen MR) is 53.3 cm³/mol. The molecule has 0 fully saturated rings. The lowest BCUT2D eigenvalue weighted by molar-refractivity contribution is 0.602. The van der Waals surface area contributed by atoms with Gasteiger partial charge in [0.05, 0.1) is 6.20 Å². The van der Waals surface area contributed by atoms with Crippen molar-refractivity contribution in [3.05, 3.63) is 30.7 Å². The molecule has 78 valence electrons. The van der Waals surface area contributed by atoms with Crippen LogP contribution in [0.15, 0.2) is 24.9 Å². The lowest BCUT2D eigenvalue weighted by Gasteiger charge is -2.05. The molecule has 0 aliphatic rings. The van der Waals surface area contributed by atoms with Gasteiger partial charge in [-0.25, -0.2) is 14.4 Å². The third-order valence-electron chi connectivity index (χ3n) is 1.81. The summed E-state index contributed by atoms with van der Waals surface area (Å²) in [5.41, 5.74) is 0. The summed E-state index contributed by atoms with van der Waals surface area (Å²) in [6.07, 6.45) is 5.82. The Bertz CT molecular complexity index is 440. The van der Waals surface area contributed by atoms with Crippen LogP contribution in [0, 0.1) is 5.82 Å². The molecule has 2 aromatic heterocycles. The van der Waals surface area contributed by atoms with E-state index in [1.807, 2.05) is 6.92 Å². The third-order valence-corrected chi connectivity index (χ3v) is 1.81. The maximum atomic E-state index is 13.4. The van der Waals surface area contributed by atoms with Gasteiger partial charge in [-0.3, -0.25) is 4.57 Å². The van der Waals surface area contributed by atoms with Gasteiger partial charge in [0.1, 0.15) is 6.33 Å². The number of nitrogens with one attached hydrogen (secondary N) is 1. The standard InChI is InChI=1S/C9H10FN5/c1-2-12-9-13-5-7(10)8(14-9)15-4-3-11-6-15/h3-6H,2H2,1H3,(H,12,13,14). The van der Waals surface area contributed by atoms with Gasteiger partial charge in [-0.1, -0.05) is 0 Å². The lowest BCUT2D eigenvalue weighted by atomic mass is 10.5. The molecule has 0 radical (unpaired) electrons. The Balaban J connectivity index is 2.41. The Labute approximate surface area is 86.0 Å². The molecule has 0 aliphatic heterocycles. The number of rotatable bonds is 3. The van der Waals surface area contributed by atoms with E-state index in [1.165, 1.54) is 10.9 Å². The van der Waals surface area contributed by atoms with Crippen molar-refractivity contribution in [3.63, 3.8) is 0 Å². The molecule has 15 heavy (non-hydrogen) atoms. The van der Waals surface area contributed by atoms with Crippen molar-refractivity contribution in [1.29, 1.82) is 0 Å². The van der Waals surface area contributed by atoms with Crippen LogP contribution in [0.2, 0.25) is 0 Å². The van der Waals surface area contributed by atoms with E-state index in [4.69, 9.17) is 0 Å². The highest BCUT2D eigenvalue weighted by atomic mass is 19.1. The number of hydrogen-bond acceptors (Lipinski definition) is 4. The molecule has 0 saturated carbocycles. The van der Waals surface area contributed by atoms with Gasteiger partial charge in [0.2, 0.25) is 5.95 Å². The molecular formula is C9H10FN5. The molecule has 0 atom stereocenters. The van der Waals surface area contributed by atoms with E-state index in [-0.39, 0.29) is 5.82 Å². The summed E-state index contributed by atoms with van der Waals surface area (Å²) in [4.78, 5) is 11.7. The minimum absolute atomic E-state index is 0.193. The summed E-state index contributed by atoms with van der Waals surface area (Å²) in [5, 5.41) is 2.91. The first-order valence-corrected chi connectivity index (χ1v) is 4.56. The van der Waals surface area contributed by atoms with Gasteiger partial charge < -0.3 is 5.32 Å². The first kappa shape index (κ1) is 9.57. The number of imidazole rings is 1. The summed E-state index contributed by atoms with van der Waals surface area (Å²) in [5.74, 6) is 0.121. The van der Waals surface area contributed by atoms with Crippen LogP contribution >= 0.6 is 0 Å². The molecule has 0 bridgehead atoms. The fraction of sp³-hybridized carbons (Fsp3) is 0.222. The second-order valence-corrected chi connectivity index (χ2v) is 2.87. The molecule has 0 aliphatic carbocycles. The number of hydrogen-bond donors (Lipinski definition) is 1. The molecular weight excluding hydrogens is 197 g/mol. The Kier molecular flexibility index (Phi) is 2.57.